The molecule has 13 heavy (non-hydrogen) atoms. The second-order valence-corrected chi connectivity index (χ2v) is 3.19. The summed E-state index contributed by atoms with van der Waals surface area (Å²) in [5.74, 6) is -0.0812. The maximum absolute atomic E-state index is 11.0. The van der Waals surface area contributed by atoms with Crippen LogP contribution in [-0.4, -0.2) is 22.7 Å². The van der Waals surface area contributed by atoms with Crippen LogP contribution in [0.3, 0.4) is 0 Å². The molecule has 1 aromatic rings. The third-order valence-corrected chi connectivity index (χ3v) is 2.41. The summed E-state index contributed by atoms with van der Waals surface area (Å²) < 4.78 is 1.59. The maximum atomic E-state index is 11.0. The fourth-order valence-electron chi connectivity index (χ4n) is 1.04. The van der Waals surface area contributed by atoms with Gasteiger partial charge in [-0.25, -0.2) is 0 Å². The van der Waals surface area contributed by atoms with Gasteiger partial charge in [-0.1, -0.05) is 11.6 Å². The van der Waals surface area contributed by atoms with E-state index in [0.29, 0.717) is 5.02 Å². The highest BCUT2D eigenvalue weighted by Gasteiger charge is 2.10. The molecular weight excluding hydrogens is 190 g/mol. The van der Waals surface area contributed by atoms with Gasteiger partial charge in [0.05, 0.1) is 16.4 Å². The van der Waals surface area contributed by atoms with Gasteiger partial charge >= 0.3 is 0 Å². The lowest BCUT2D eigenvalue weighted by Crippen LogP contribution is -2.24. The van der Waals surface area contributed by atoms with Gasteiger partial charge in [0.2, 0.25) is 5.91 Å². The van der Waals surface area contributed by atoms with Crippen molar-refractivity contribution in [3.63, 3.8) is 0 Å². The number of halogens is 1. The van der Waals surface area contributed by atoms with Crippen LogP contribution >= 0.6 is 11.6 Å². The van der Waals surface area contributed by atoms with E-state index in [0.717, 1.165) is 11.4 Å². The van der Waals surface area contributed by atoms with Crippen LogP contribution in [0.25, 0.3) is 0 Å². The molecule has 72 valence electrons. The summed E-state index contributed by atoms with van der Waals surface area (Å²) in [6, 6.07) is 0. The molecule has 0 fully saturated rings. The van der Waals surface area contributed by atoms with E-state index < -0.39 is 0 Å². The predicted octanol–water partition coefficient (Wildman–Crippen LogP) is 0.899. The Hall–Kier alpha value is -1.03. The van der Waals surface area contributed by atoms with Crippen molar-refractivity contribution in [3.8, 4) is 0 Å². The predicted molar refractivity (Wildman–Crippen MR) is 50.8 cm³/mol. The van der Waals surface area contributed by atoms with Gasteiger partial charge in [-0.2, -0.15) is 5.10 Å². The Morgan fingerprint density at radius 1 is 1.62 bits per heavy atom. The Bertz CT molecular complexity index is 332. The molecular formula is C8H12ClN3O. The zero-order valence-corrected chi connectivity index (χ0v) is 8.64. The van der Waals surface area contributed by atoms with Crippen molar-refractivity contribution in [1.82, 2.24) is 15.1 Å². The monoisotopic (exact) mass is 201 g/mol. The Balaban J connectivity index is 2.90. The second kappa shape index (κ2) is 3.79. The molecule has 0 atom stereocenters. The Morgan fingerprint density at radius 2 is 2.23 bits per heavy atom. The number of rotatable bonds is 2. The lowest BCUT2D eigenvalue weighted by Gasteiger charge is -2.02. The highest BCUT2D eigenvalue weighted by molar-refractivity contribution is 6.31. The molecule has 5 heteroatoms. The largest absolute Gasteiger partial charge is 0.358 e. The van der Waals surface area contributed by atoms with Crippen molar-refractivity contribution in [2.24, 2.45) is 0 Å². The van der Waals surface area contributed by atoms with Crippen molar-refractivity contribution in [2.45, 2.75) is 20.4 Å². The van der Waals surface area contributed by atoms with Crippen molar-refractivity contribution in [3.05, 3.63) is 16.4 Å². The molecule has 0 radical (unpaired) electrons. The molecule has 0 aliphatic rings. The number of hydrogen-bond acceptors (Lipinski definition) is 2. The number of amides is 1. The van der Waals surface area contributed by atoms with Crippen LogP contribution in [0.15, 0.2) is 0 Å². The summed E-state index contributed by atoms with van der Waals surface area (Å²) in [7, 11) is 1.59. The highest BCUT2D eigenvalue weighted by Crippen LogP contribution is 2.18. The van der Waals surface area contributed by atoms with E-state index in [-0.39, 0.29) is 12.5 Å². The van der Waals surface area contributed by atoms with Crippen LogP contribution in [0, 0.1) is 13.8 Å². The Morgan fingerprint density at radius 3 is 2.62 bits per heavy atom. The van der Waals surface area contributed by atoms with E-state index in [4.69, 9.17) is 11.6 Å². The van der Waals surface area contributed by atoms with Gasteiger partial charge < -0.3 is 5.32 Å². The Kier molecular flexibility index (Phi) is 2.93. The van der Waals surface area contributed by atoms with Gasteiger partial charge in [-0.05, 0) is 13.8 Å². The highest BCUT2D eigenvalue weighted by atomic mass is 35.5. The molecule has 0 aliphatic heterocycles. The molecule has 1 rings (SSSR count). The molecule has 0 unspecified atom stereocenters. The van der Waals surface area contributed by atoms with Crippen LogP contribution in [0.1, 0.15) is 11.4 Å². The molecule has 0 aliphatic carbocycles. The van der Waals surface area contributed by atoms with Gasteiger partial charge in [0.25, 0.3) is 0 Å². The van der Waals surface area contributed by atoms with Crippen molar-refractivity contribution >= 4 is 17.5 Å². The molecule has 0 saturated heterocycles. The number of aryl methyl sites for hydroxylation is 1. The van der Waals surface area contributed by atoms with E-state index in [1.165, 1.54) is 0 Å². The first-order valence-corrected chi connectivity index (χ1v) is 4.34. The first kappa shape index (κ1) is 10.1. The standard InChI is InChI=1S/C8H12ClN3O/c1-5-8(9)6(2)12(11-5)4-7(13)10-3/h4H2,1-3H3,(H,10,13). The molecule has 0 spiro atoms. The fraction of sp³-hybridized carbons (Fsp3) is 0.500. The molecule has 4 nitrogen and oxygen atoms in total. The zero-order valence-electron chi connectivity index (χ0n) is 7.89. The summed E-state index contributed by atoms with van der Waals surface area (Å²) in [5.41, 5.74) is 1.57. The summed E-state index contributed by atoms with van der Waals surface area (Å²) in [6.45, 7) is 3.87. The van der Waals surface area contributed by atoms with Gasteiger partial charge in [0.1, 0.15) is 6.54 Å². The number of carbonyl (C=O) groups is 1. The zero-order chi connectivity index (χ0) is 10.0. The topological polar surface area (TPSA) is 46.9 Å². The van der Waals surface area contributed by atoms with Gasteiger partial charge in [0, 0.05) is 7.05 Å². The summed E-state index contributed by atoms with van der Waals surface area (Å²) >= 11 is 5.91. The van der Waals surface area contributed by atoms with Crippen LogP contribution in [0.2, 0.25) is 5.02 Å². The number of aromatic nitrogens is 2. The van der Waals surface area contributed by atoms with E-state index in [1.54, 1.807) is 11.7 Å². The van der Waals surface area contributed by atoms with Crippen LogP contribution in [-0.2, 0) is 11.3 Å². The molecule has 0 aromatic carbocycles. The average molecular weight is 202 g/mol. The Labute approximate surface area is 81.9 Å². The smallest absolute Gasteiger partial charge is 0.241 e. The fourth-order valence-corrected chi connectivity index (χ4v) is 1.18. The molecule has 1 heterocycles. The molecule has 1 amide bonds. The average Bonchev–Trinajstić information content (AvgIpc) is 2.34. The van der Waals surface area contributed by atoms with Gasteiger partial charge in [-0.15, -0.1) is 0 Å². The van der Waals surface area contributed by atoms with Crippen LogP contribution in [0.4, 0.5) is 0 Å². The van der Waals surface area contributed by atoms with Crippen LogP contribution in [0.5, 0.6) is 0 Å². The number of nitrogens with zero attached hydrogens (tertiary/aromatic N) is 2. The minimum atomic E-state index is -0.0812. The lowest BCUT2D eigenvalue weighted by atomic mass is 10.4. The number of hydrogen-bond donors (Lipinski definition) is 1. The molecule has 1 N–H and O–H groups in total. The van der Waals surface area contributed by atoms with Gasteiger partial charge in [0.15, 0.2) is 0 Å². The first-order valence-electron chi connectivity index (χ1n) is 3.96. The van der Waals surface area contributed by atoms with E-state index >= 15 is 0 Å². The normalized spacial score (nSPS) is 10.2. The third-order valence-electron chi connectivity index (χ3n) is 1.87. The van der Waals surface area contributed by atoms with Crippen molar-refractivity contribution in [1.29, 1.82) is 0 Å². The number of carbonyl (C=O) groups excluding carboxylic acids is 1. The summed E-state index contributed by atoms with van der Waals surface area (Å²) in [5, 5.41) is 7.28. The van der Waals surface area contributed by atoms with E-state index in [2.05, 4.69) is 10.4 Å². The number of nitrogens with one attached hydrogen (secondary N) is 1. The maximum Gasteiger partial charge on any atom is 0.241 e. The van der Waals surface area contributed by atoms with E-state index in [1.807, 2.05) is 13.8 Å². The van der Waals surface area contributed by atoms with Crippen molar-refractivity contribution in [2.75, 3.05) is 7.05 Å². The quantitative estimate of drug-likeness (QED) is 0.773. The molecule has 0 saturated carbocycles. The summed E-state index contributed by atoms with van der Waals surface area (Å²) in [6.07, 6.45) is 0. The molecule has 0 bridgehead atoms. The first-order chi connectivity index (χ1) is 6.06. The second-order valence-electron chi connectivity index (χ2n) is 2.82. The van der Waals surface area contributed by atoms with E-state index in [9.17, 15) is 4.79 Å². The minimum Gasteiger partial charge on any atom is -0.358 e. The third kappa shape index (κ3) is 2.01. The van der Waals surface area contributed by atoms with Gasteiger partial charge in [-0.3, -0.25) is 9.48 Å². The summed E-state index contributed by atoms with van der Waals surface area (Å²) in [4.78, 5) is 11.0. The lowest BCUT2D eigenvalue weighted by molar-refractivity contribution is -0.121. The SMILES string of the molecule is CNC(=O)Cn1nc(C)c(Cl)c1C. The van der Waals surface area contributed by atoms with Crippen LogP contribution < -0.4 is 5.32 Å². The van der Waals surface area contributed by atoms with Crippen molar-refractivity contribution < 1.29 is 4.79 Å². The minimum absolute atomic E-state index is 0.0812. The number of likely N-dealkylation sites (N-methyl/N-ethyl adjacent to an activating group) is 1. The molecule has 1 aromatic heterocycles.